The molecule has 5 atom stereocenters. The van der Waals surface area contributed by atoms with E-state index in [1.54, 1.807) is 40.7 Å². The maximum absolute atomic E-state index is 13.8. The summed E-state index contributed by atoms with van der Waals surface area (Å²) in [7, 11) is -3.76. The normalized spacial score (nSPS) is 28.6. The van der Waals surface area contributed by atoms with Crippen molar-refractivity contribution in [1.29, 1.82) is 0 Å². The third kappa shape index (κ3) is 6.43. The van der Waals surface area contributed by atoms with Gasteiger partial charge in [0.1, 0.15) is 23.5 Å². The van der Waals surface area contributed by atoms with E-state index in [1.807, 2.05) is 0 Å². The number of likely N-dealkylation sites (tertiary alicyclic amines) is 1. The zero-order valence-corrected chi connectivity index (χ0v) is 24.1. The number of β-amino-alcohol motifs (C(OH)–C–C–N with tert-alkyl or cyclic N) is 1. The van der Waals surface area contributed by atoms with Crippen molar-refractivity contribution in [2.24, 2.45) is 11.3 Å². The Bertz CT molecular complexity index is 937. The molecule has 0 spiro atoms. The maximum Gasteiger partial charge on any atom is 0.408 e. The summed E-state index contributed by atoms with van der Waals surface area (Å²) in [6, 6.07) is -2.03. The van der Waals surface area contributed by atoms with Crippen molar-refractivity contribution in [1.82, 2.24) is 15.5 Å². The summed E-state index contributed by atoms with van der Waals surface area (Å²) < 4.78 is 30.3. The van der Waals surface area contributed by atoms with Gasteiger partial charge in [-0.05, 0) is 51.4 Å². The van der Waals surface area contributed by atoms with Gasteiger partial charge in [0, 0.05) is 18.9 Å². The van der Waals surface area contributed by atoms with Crippen LogP contribution in [0, 0.1) is 11.3 Å². The van der Waals surface area contributed by atoms with E-state index < -0.39 is 54.4 Å². The molecule has 3 amide bonds. The molecule has 0 aromatic heterocycles. The van der Waals surface area contributed by atoms with Crippen LogP contribution in [0.1, 0.15) is 73.1 Å². The van der Waals surface area contributed by atoms with Crippen LogP contribution in [0.3, 0.4) is 0 Å². The molecule has 12 heteroatoms. The van der Waals surface area contributed by atoms with Gasteiger partial charge >= 0.3 is 13.7 Å². The minimum absolute atomic E-state index is 0.00334. The minimum atomic E-state index is -3.76. The fraction of sp³-hybridized carbons (Fsp3) is 0.808. The number of aliphatic hydroxyl groups is 1. The van der Waals surface area contributed by atoms with Crippen molar-refractivity contribution in [3.05, 3.63) is 12.7 Å². The number of nitrogens with one attached hydrogen (secondary N) is 2. The highest BCUT2D eigenvalue weighted by Gasteiger charge is 2.68. The number of ether oxygens (including phenoxy) is 1. The van der Waals surface area contributed by atoms with Gasteiger partial charge in [-0.1, -0.05) is 26.8 Å². The van der Waals surface area contributed by atoms with E-state index in [1.165, 1.54) is 4.90 Å². The summed E-state index contributed by atoms with van der Waals surface area (Å²) in [5.74, 6) is -1.40. The standard InChI is InChI=1S/C26H44N3O8P/c1-7-17-15-26(17,38(34,35-8-2)36-9-3)28-22(31)20-14-18(30)16-29(20)23(32)21(25(4,5)6)27-24(33)37-19-12-10-11-13-19/h7,17-21,30H,1,8-16H2,2-6H3,(H,27,33)(H,28,31)/t17?,18-,20+,21-,26?/m1/s1. The van der Waals surface area contributed by atoms with E-state index in [0.717, 1.165) is 25.7 Å². The molecule has 2 saturated carbocycles. The molecule has 1 aliphatic heterocycles. The molecule has 0 radical (unpaired) electrons. The van der Waals surface area contributed by atoms with Gasteiger partial charge in [0.25, 0.3) is 0 Å². The number of amides is 3. The molecular weight excluding hydrogens is 513 g/mol. The van der Waals surface area contributed by atoms with Gasteiger partial charge in [-0.15, -0.1) is 6.58 Å². The van der Waals surface area contributed by atoms with Gasteiger partial charge in [-0.2, -0.15) is 0 Å². The average molecular weight is 558 g/mol. The molecule has 1 saturated heterocycles. The minimum Gasteiger partial charge on any atom is -0.446 e. The first kappa shape index (κ1) is 30.6. The zero-order valence-electron chi connectivity index (χ0n) is 23.2. The van der Waals surface area contributed by atoms with Crippen molar-refractivity contribution >= 4 is 25.5 Å². The number of nitrogens with zero attached hydrogens (tertiary/aromatic N) is 1. The molecule has 3 rings (SSSR count). The van der Waals surface area contributed by atoms with Crippen LogP contribution in [-0.2, 0) is 27.9 Å². The Morgan fingerprint density at radius 1 is 1.18 bits per heavy atom. The number of aliphatic hydroxyl groups excluding tert-OH is 1. The zero-order chi connectivity index (χ0) is 28.3. The Morgan fingerprint density at radius 3 is 2.29 bits per heavy atom. The Labute approximate surface area is 225 Å². The SMILES string of the molecule is C=CC1CC1(NC(=O)[C@@H]1C[C@@H](O)CN1C(=O)[C@@H](NC(=O)OC1CCCC1)C(C)(C)C)P(=O)(OCC)OCC. The third-order valence-electron chi connectivity index (χ3n) is 7.51. The first-order chi connectivity index (χ1) is 17.8. The first-order valence-electron chi connectivity index (χ1n) is 13.6. The lowest BCUT2D eigenvalue weighted by Gasteiger charge is -2.36. The van der Waals surface area contributed by atoms with Crippen LogP contribution < -0.4 is 10.6 Å². The maximum atomic E-state index is 13.8. The number of hydrogen-bond acceptors (Lipinski definition) is 8. The fourth-order valence-corrected chi connectivity index (χ4v) is 7.81. The largest absolute Gasteiger partial charge is 0.446 e. The van der Waals surface area contributed by atoms with Crippen LogP contribution >= 0.6 is 7.60 Å². The van der Waals surface area contributed by atoms with Crippen LogP contribution in [-0.4, -0.2) is 77.2 Å². The van der Waals surface area contributed by atoms with Crippen molar-refractivity contribution < 1.29 is 37.8 Å². The van der Waals surface area contributed by atoms with E-state index in [9.17, 15) is 24.1 Å². The Morgan fingerprint density at radius 2 is 1.79 bits per heavy atom. The fourth-order valence-electron chi connectivity index (χ4n) is 5.42. The predicted octanol–water partition coefficient (Wildman–Crippen LogP) is 3.32. The number of carbonyl (C=O) groups is 3. The second-order valence-electron chi connectivity index (χ2n) is 11.4. The van der Waals surface area contributed by atoms with E-state index in [4.69, 9.17) is 13.8 Å². The molecule has 3 fully saturated rings. The molecule has 0 aromatic rings. The predicted molar refractivity (Wildman–Crippen MR) is 141 cm³/mol. The van der Waals surface area contributed by atoms with Gasteiger partial charge in [-0.25, -0.2) is 4.79 Å². The van der Waals surface area contributed by atoms with Crippen LogP contribution in [0.2, 0.25) is 0 Å². The van der Waals surface area contributed by atoms with E-state index in [-0.39, 0.29) is 38.2 Å². The van der Waals surface area contributed by atoms with E-state index in [2.05, 4.69) is 17.2 Å². The number of hydrogen-bond donors (Lipinski definition) is 3. The van der Waals surface area contributed by atoms with Gasteiger partial charge in [0.05, 0.1) is 19.3 Å². The summed E-state index contributed by atoms with van der Waals surface area (Å²) in [6.07, 6.45) is 3.73. The summed E-state index contributed by atoms with van der Waals surface area (Å²) in [5.41, 5.74) is -0.703. The monoisotopic (exact) mass is 557 g/mol. The van der Waals surface area contributed by atoms with Crippen molar-refractivity contribution in [3.8, 4) is 0 Å². The van der Waals surface area contributed by atoms with Gasteiger partial charge in [-0.3, -0.25) is 14.2 Å². The molecule has 2 unspecified atom stereocenters. The Kier molecular flexibility index (Phi) is 9.72. The lowest BCUT2D eigenvalue weighted by molar-refractivity contribution is -0.142. The van der Waals surface area contributed by atoms with Crippen LogP contribution in [0.25, 0.3) is 0 Å². The van der Waals surface area contributed by atoms with Crippen LogP contribution in [0.5, 0.6) is 0 Å². The van der Waals surface area contributed by atoms with Gasteiger partial charge in [0.15, 0.2) is 0 Å². The molecule has 0 bridgehead atoms. The second kappa shape index (κ2) is 12.1. The van der Waals surface area contributed by atoms with Crippen LogP contribution in [0.15, 0.2) is 12.7 Å². The molecule has 1 heterocycles. The average Bonchev–Trinajstić information content (AvgIpc) is 3.13. The third-order valence-corrected chi connectivity index (χ3v) is 10.3. The lowest BCUT2D eigenvalue weighted by atomic mass is 9.85. The molecule has 11 nitrogen and oxygen atoms in total. The Balaban J connectivity index is 1.80. The quantitative estimate of drug-likeness (QED) is 0.259. The molecule has 3 aliphatic rings. The van der Waals surface area contributed by atoms with Crippen molar-refractivity contribution in [3.63, 3.8) is 0 Å². The highest BCUT2D eigenvalue weighted by atomic mass is 31.2. The van der Waals surface area contributed by atoms with E-state index in [0.29, 0.717) is 6.42 Å². The van der Waals surface area contributed by atoms with E-state index >= 15 is 0 Å². The highest BCUT2D eigenvalue weighted by Crippen LogP contribution is 2.72. The van der Waals surface area contributed by atoms with Crippen molar-refractivity contribution in [2.75, 3.05) is 19.8 Å². The molecule has 216 valence electrons. The van der Waals surface area contributed by atoms with Gasteiger partial charge in [0.2, 0.25) is 11.8 Å². The Hall–Kier alpha value is -1.94. The number of carbonyl (C=O) groups excluding carboxylic acids is 3. The summed E-state index contributed by atoms with van der Waals surface area (Å²) in [4.78, 5) is 41.3. The van der Waals surface area contributed by atoms with Gasteiger partial charge < -0.3 is 34.4 Å². The topological polar surface area (TPSA) is 144 Å². The summed E-state index contributed by atoms with van der Waals surface area (Å²) >= 11 is 0. The molecule has 2 aliphatic carbocycles. The molecule has 3 N–H and O–H groups in total. The summed E-state index contributed by atoms with van der Waals surface area (Å²) in [6.45, 7) is 12.8. The number of rotatable bonds is 11. The highest BCUT2D eigenvalue weighted by molar-refractivity contribution is 7.56. The molecular formula is C26H44N3O8P. The first-order valence-corrected chi connectivity index (χ1v) is 15.2. The summed E-state index contributed by atoms with van der Waals surface area (Å²) in [5, 5.41) is 14.7. The smallest absolute Gasteiger partial charge is 0.408 e. The molecule has 38 heavy (non-hydrogen) atoms. The molecule has 0 aromatic carbocycles. The van der Waals surface area contributed by atoms with Crippen molar-refractivity contribution in [2.45, 2.75) is 103 Å². The second-order valence-corrected chi connectivity index (χ2v) is 13.8. The lowest BCUT2D eigenvalue weighted by Crippen LogP contribution is -2.58. The number of alkyl carbamates (subject to hydrolysis) is 1. The van der Waals surface area contributed by atoms with Crippen LogP contribution in [0.4, 0.5) is 4.79 Å².